The first-order valence-corrected chi connectivity index (χ1v) is 8.35. The third kappa shape index (κ3) is 3.85. The summed E-state index contributed by atoms with van der Waals surface area (Å²) in [5.41, 5.74) is 1.38. The Morgan fingerprint density at radius 2 is 1.86 bits per heavy atom. The first-order chi connectivity index (χ1) is 10.2. The quantitative estimate of drug-likeness (QED) is 0.873. The van der Waals surface area contributed by atoms with Crippen molar-refractivity contribution in [1.29, 1.82) is 0 Å². The number of nitrogens with one attached hydrogen (secondary N) is 2. The van der Waals surface area contributed by atoms with Crippen molar-refractivity contribution < 1.29 is 4.79 Å². The van der Waals surface area contributed by atoms with Gasteiger partial charge in [0, 0.05) is 18.0 Å². The lowest BCUT2D eigenvalue weighted by Gasteiger charge is -2.24. The van der Waals surface area contributed by atoms with Crippen molar-refractivity contribution in [3.05, 3.63) is 35.9 Å². The molecule has 1 amide bonds. The summed E-state index contributed by atoms with van der Waals surface area (Å²) in [6, 6.07) is 11.4. The number of rotatable bonds is 5. The van der Waals surface area contributed by atoms with Gasteiger partial charge in [0.15, 0.2) is 0 Å². The van der Waals surface area contributed by atoms with E-state index in [1.54, 1.807) is 0 Å². The number of benzene rings is 1. The maximum Gasteiger partial charge on any atom is 0.237 e. The summed E-state index contributed by atoms with van der Waals surface area (Å²) < 4.78 is 0. The first-order valence-electron chi connectivity index (χ1n) is 8.35. The third-order valence-electron chi connectivity index (χ3n) is 4.83. The number of hydrogen-bond donors (Lipinski definition) is 2. The molecule has 0 heterocycles. The van der Waals surface area contributed by atoms with Crippen molar-refractivity contribution in [3.8, 4) is 0 Å². The molecule has 2 aliphatic carbocycles. The maximum absolute atomic E-state index is 12.2. The minimum atomic E-state index is -0.0920. The molecule has 2 aliphatic rings. The summed E-state index contributed by atoms with van der Waals surface area (Å²) in [5, 5.41) is 6.68. The molecule has 21 heavy (non-hydrogen) atoms. The van der Waals surface area contributed by atoms with Crippen LogP contribution in [-0.2, 0) is 4.79 Å². The molecular formula is C18H26N2O. The Hall–Kier alpha value is -1.35. The Bertz CT molecular complexity index is 467. The normalized spacial score (nSPS) is 27.1. The molecule has 0 aliphatic heterocycles. The SMILES string of the molecule is CC(NC1CC1c1ccccc1)C(=O)NC1CCCCC1. The molecule has 3 unspecified atom stereocenters. The fourth-order valence-corrected chi connectivity index (χ4v) is 3.42. The van der Waals surface area contributed by atoms with Crippen LogP contribution in [0.2, 0.25) is 0 Å². The zero-order valence-electron chi connectivity index (χ0n) is 12.8. The second-order valence-electron chi connectivity index (χ2n) is 6.59. The highest BCUT2D eigenvalue weighted by atomic mass is 16.2. The maximum atomic E-state index is 12.2. The van der Waals surface area contributed by atoms with Crippen molar-refractivity contribution in [1.82, 2.24) is 10.6 Å². The van der Waals surface area contributed by atoms with Gasteiger partial charge in [-0.1, -0.05) is 49.6 Å². The van der Waals surface area contributed by atoms with Gasteiger partial charge >= 0.3 is 0 Å². The monoisotopic (exact) mass is 286 g/mol. The Morgan fingerprint density at radius 1 is 1.14 bits per heavy atom. The van der Waals surface area contributed by atoms with Crippen LogP contribution in [0.5, 0.6) is 0 Å². The zero-order valence-corrected chi connectivity index (χ0v) is 12.8. The van der Waals surface area contributed by atoms with Crippen molar-refractivity contribution in [3.63, 3.8) is 0 Å². The van der Waals surface area contributed by atoms with E-state index in [2.05, 4.69) is 41.0 Å². The van der Waals surface area contributed by atoms with E-state index in [4.69, 9.17) is 0 Å². The molecule has 0 aromatic heterocycles. The van der Waals surface area contributed by atoms with E-state index in [1.165, 1.54) is 24.8 Å². The zero-order chi connectivity index (χ0) is 14.7. The van der Waals surface area contributed by atoms with E-state index >= 15 is 0 Å². The molecule has 114 valence electrons. The van der Waals surface area contributed by atoms with Gasteiger partial charge in [0.25, 0.3) is 0 Å². The molecule has 0 spiro atoms. The van der Waals surface area contributed by atoms with Crippen LogP contribution in [0.4, 0.5) is 0 Å². The lowest BCUT2D eigenvalue weighted by molar-refractivity contribution is -0.123. The summed E-state index contributed by atoms with van der Waals surface area (Å²) in [5.74, 6) is 0.747. The molecule has 0 radical (unpaired) electrons. The van der Waals surface area contributed by atoms with Crippen molar-refractivity contribution >= 4 is 5.91 Å². The molecule has 2 saturated carbocycles. The van der Waals surface area contributed by atoms with Crippen molar-refractivity contribution in [2.24, 2.45) is 0 Å². The Kier molecular flexibility index (Phi) is 4.59. The van der Waals surface area contributed by atoms with E-state index in [0.717, 1.165) is 19.3 Å². The minimum absolute atomic E-state index is 0.0920. The minimum Gasteiger partial charge on any atom is -0.352 e. The van der Waals surface area contributed by atoms with E-state index in [-0.39, 0.29) is 11.9 Å². The fraction of sp³-hybridized carbons (Fsp3) is 0.611. The van der Waals surface area contributed by atoms with Crippen LogP contribution in [0, 0.1) is 0 Å². The van der Waals surface area contributed by atoms with Gasteiger partial charge < -0.3 is 10.6 Å². The van der Waals surface area contributed by atoms with Crippen LogP contribution < -0.4 is 10.6 Å². The summed E-state index contributed by atoms with van der Waals surface area (Å²) in [4.78, 5) is 12.2. The van der Waals surface area contributed by atoms with Crippen LogP contribution in [0.1, 0.15) is 56.9 Å². The van der Waals surface area contributed by atoms with Gasteiger partial charge in [-0.2, -0.15) is 0 Å². The molecular weight excluding hydrogens is 260 g/mol. The second kappa shape index (κ2) is 6.61. The first kappa shape index (κ1) is 14.6. The standard InChI is InChI=1S/C18H26N2O/c1-13(18(21)20-15-10-6-3-7-11-15)19-17-12-16(17)14-8-4-2-5-9-14/h2,4-5,8-9,13,15-17,19H,3,6-7,10-12H2,1H3,(H,20,21). The molecule has 3 heteroatoms. The smallest absolute Gasteiger partial charge is 0.237 e. The van der Waals surface area contributed by atoms with Gasteiger partial charge in [-0.15, -0.1) is 0 Å². The van der Waals surface area contributed by atoms with Crippen molar-refractivity contribution in [2.75, 3.05) is 0 Å². The Morgan fingerprint density at radius 3 is 2.57 bits per heavy atom. The average molecular weight is 286 g/mol. The number of carbonyl (C=O) groups excluding carboxylic acids is 1. The van der Waals surface area contributed by atoms with Crippen LogP contribution in [0.15, 0.2) is 30.3 Å². The molecule has 2 N–H and O–H groups in total. The van der Waals surface area contributed by atoms with Gasteiger partial charge in [0.05, 0.1) is 6.04 Å². The molecule has 1 aromatic carbocycles. The molecule has 1 aromatic rings. The Balaban J connectivity index is 1.44. The summed E-state index contributed by atoms with van der Waals surface area (Å²) >= 11 is 0. The predicted molar refractivity (Wildman–Crippen MR) is 85.2 cm³/mol. The number of hydrogen-bond acceptors (Lipinski definition) is 2. The number of carbonyl (C=O) groups is 1. The van der Waals surface area contributed by atoms with Crippen LogP contribution in [0.3, 0.4) is 0 Å². The van der Waals surface area contributed by atoms with Gasteiger partial charge in [-0.25, -0.2) is 0 Å². The fourth-order valence-electron chi connectivity index (χ4n) is 3.42. The molecule has 2 fully saturated rings. The van der Waals surface area contributed by atoms with E-state index in [0.29, 0.717) is 18.0 Å². The molecule has 3 atom stereocenters. The highest BCUT2D eigenvalue weighted by molar-refractivity contribution is 5.81. The second-order valence-corrected chi connectivity index (χ2v) is 6.59. The van der Waals surface area contributed by atoms with E-state index in [1.807, 2.05) is 6.92 Å². The van der Waals surface area contributed by atoms with Gasteiger partial charge in [-0.05, 0) is 31.7 Å². The van der Waals surface area contributed by atoms with E-state index in [9.17, 15) is 4.79 Å². The predicted octanol–water partition coefficient (Wildman–Crippen LogP) is 2.97. The van der Waals surface area contributed by atoms with Crippen molar-refractivity contribution in [2.45, 2.75) is 69.5 Å². The molecule has 3 rings (SSSR count). The topological polar surface area (TPSA) is 41.1 Å². The van der Waals surface area contributed by atoms with Crippen LogP contribution >= 0.6 is 0 Å². The van der Waals surface area contributed by atoms with E-state index < -0.39 is 0 Å². The summed E-state index contributed by atoms with van der Waals surface area (Å²) in [6.45, 7) is 1.98. The van der Waals surface area contributed by atoms with Gasteiger partial charge in [0.1, 0.15) is 0 Å². The number of amides is 1. The Labute approximate surface area is 127 Å². The highest BCUT2D eigenvalue weighted by Gasteiger charge is 2.39. The molecule has 0 bridgehead atoms. The summed E-state index contributed by atoms with van der Waals surface area (Å²) in [6.07, 6.45) is 7.27. The third-order valence-corrected chi connectivity index (χ3v) is 4.83. The van der Waals surface area contributed by atoms with Crippen LogP contribution in [0.25, 0.3) is 0 Å². The molecule has 0 saturated heterocycles. The van der Waals surface area contributed by atoms with Gasteiger partial charge in [-0.3, -0.25) is 4.79 Å². The average Bonchev–Trinajstić information content (AvgIpc) is 3.28. The highest BCUT2D eigenvalue weighted by Crippen LogP contribution is 2.40. The lowest BCUT2D eigenvalue weighted by atomic mass is 9.95. The van der Waals surface area contributed by atoms with Crippen LogP contribution in [-0.4, -0.2) is 24.0 Å². The lowest BCUT2D eigenvalue weighted by Crippen LogP contribution is -2.47. The van der Waals surface area contributed by atoms with Gasteiger partial charge in [0.2, 0.25) is 5.91 Å². The largest absolute Gasteiger partial charge is 0.352 e. The summed E-state index contributed by atoms with van der Waals surface area (Å²) in [7, 11) is 0. The molecule has 3 nitrogen and oxygen atoms in total.